The minimum absolute atomic E-state index is 0.0972. The van der Waals surface area contributed by atoms with E-state index in [9.17, 15) is 0 Å². The van der Waals surface area contributed by atoms with E-state index >= 15 is 0 Å². The van der Waals surface area contributed by atoms with Crippen LogP contribution in [0.15, 0.2) is 53.3 Å². The minimum Gasteiger partial charge on any atom is -0.489 e. The van der Waals surface area contributed by atoms with Crippen molar-refractivity contribution in [2.24, 2.45) is 0 Å². The first-order valence-corrected chi connectivity index (χ1v) is 11.4. The van der Waals surface area contributed by atoms with Crippen molar-refractivity contribution >= 4 is 0 Å². The van der Waals surface area contributed by atoms with Gasteiger partial charge in [-0.3, -0.25) is 9.88 Å². The molecule has 3 heterocycles. The van der Waals surface area contributed by atoms with Crippen molar-refractivity contribution in [3.8, 4) is 5.75 Å². The first kappa shape index (κ1) is 20.2. The predicted molar refractivity (Wildman–Crippen MR) is 118 cm³/mol. The van der Waals surface area contributed by atoms with E-state index in [0.717, 1.165) is 56.2 Å². The summed E-state index contributed by atoms with van der Waals surface area (Å²) in [6.45, 7) is 4.76. The summed E-state index contributed by atoms with van der Waals surface area (Å²) in [4.78, 5) is 11.4. The minimum atomic E-state index is -0.0972. The average Bonchev–Trinajstić information content (AvgIpc) is 3.47. The molecule has 0 atom stereocenters. The van der Waals surface area contributed by atoms with Crippen LogP contribution in [0, 0.1) is 6.92 Å². The molecule has 1 saturated heterocycles. The van der Waals surface area contributed by atoms with E-state index in [1.165, 1.54) is 24.0 Å². The van der Waals surface area contributed by atoms with Gasteiger partial charge in [0.25, 0.3) is 0 Å². The second kappa shape index (κ2) is 8.79. The van der Waals surface area contributed by atoms with Crippen molar-refractivity contribution in [2.45, 2.75) is 63.5 Å². The van der Waals surface area contributed by atoms with Crippen LogP contribution >= 0.6 is 0 Å². The van der Waals surface area contributed by atoms with E-state index in [0.29, 0.717) is 6.54 Å². The lowest BCUT2D eigenvalue weighted by atomic mass is 9.78. The molecule has 5 rings (SSSR count). The van der Waals surface area contributed by atoms with Crippen molar-refractivity contribution in [1.29, 1.82) is 0 Å². The van der Waals surface area contributed by atoms with Crippen LogP contribution in [-0.4, -0.2) is 39.2 Å². The first-order chi connectivity index (χ1) is 15.2. The lowest BCUT2D eigenvalue weighted by Gasteiger charge is -2.31. The smallest absolute Gasteiger partial charge is 0.240 e. The number of pyridine rings is 1. The normalized spacial score (nSPS) is 19.5. The third-order valence-electron chi connectivity index (χ3n) is 6.79. The molecule has 3 aromatic rings. The van der Waals surface area contributed by atoms with E-state index in [-0.39, 0.29) is 11.5 Å². The number of likely N-dealkylation sites (tertiary alicyclic amines) is 1. The van der Waals surface area contributed by atoms with Gasteiger partial charge in [-0.2, -0.15) is 4.98 Å². The fourth-order valence-electron chi connectivity index (χ4n) is 4.99. The summed E-state index contributed by atoms with van der Waals surface area (Å²) in [6.07, 6.45) is 10.4. The highest BCUT2D eigenvalue weighted by Crippen LogP contribution is 2.45. The Morgan fingerprint density at radius 2 is 1.87 bits per heavy atom. The molecule has 0 bridgehead atoms. The third kappa shape index (κ3) is 4.35. The standard InChI is InChI=1S/C25H30N4O2/c1-19-6-8-20(9-7-19)25(12-2-3-13-25)24-27-23(31-28-24)18-29-15-10-21(11-16-29)30-22-5-4-14-26-17-22/h4-9,14,17,21H,2-3,10-13,15-16,18H2,1H3. The van der Waals surface area contributed by atoms with Gasteiger partial charge in [-0.05, 0) is 50.3 Å². The van der Waals surface area contributed by atoms with Gasteiger partial charge in [0.1, 0.15) is 11.9 Å². The van der Waals surface area contributed by atoms with E-state index in [1.807, 2.05) is 12.1 Å². The highest BCUT2D eigenvalue weighted by Gasteiger charge is 2.41. The summed E-state index contributed by atoms with van der Waals surface area (Å²) in [5, 5.41) is 4.46. The Kier molecular flexibility index (Phi) is 5.72. The van der Waals surface area contributed by atoms with Gasteiger partial charge in [0.2, 0.25) is 5.89 Å². The summed E-state index contributed by atoms with van der Waals surface area (Å²) >= 11 is 0. The molecule has 162 valence electrons. The molecule has 31 heavy (non-hydrogen) atoms. The molecule has 0 spiro atoms. The van der Waals surface area contributed by atoms with Crippen molar-refractivity contribution in [2.75, 3.05) is 13.1 Å². The molecule has 2 aromatic heterocycles. The Bertz CT molecular complexity index is 972. The van der Waals surface area contributed by atoms with Gasteiger partial charge < -0.3 is 9.26 Å². The zero-order valence-corrected chi connectivity index (χ0v) is 18.2. The molecule has 6 heteroatoms. The number of benzene rings is 1. The molecule has 0 unspecified atom stereocenters. The van der Waals surface area contributed by atoms with Crippen LogP contribution in [0.1, 0.15) is 61.4 Å². The fourth-order valence-corrected chi connectivity index (χ4v) is 4.99. The van der Waals surface area contributed by atoms with E-state index in [1.54, 1.807) is 12.4 Å². The lowest BCUT2D eigenvalue weighted by Crippen LogP contribution is -2.37. The van der Waals surface area contributed by atoms with Crippen molar-refractivity contribution in [1.82, 2.24) is 20.0 Å². The quantitative estimate of drug-likeness (QED) is 0.579. The van der Waals surface area contributed by atoms with Gasteiger partial charge in [0.05, 0.1) is 18.2 Å². The van der Waals surface area contributed by atoms with Gasteiger partial charge >= 0.3 is 0 Å². The van der Waals surface area contributed by atoms with E-state index in [4.69, 9.17) is 14.2 Å². The maximum absolute atomic E-state index is 6.06. The van der Waals surface area contributed by atoms with Crippen molar-refractivity contribution in [3.63, 3.8) is 0 Å². The van der Waals surface area contributed by atoms with E-state index < -0.39 is 0 Å². The Labute approximate surface area is 183 Å². The number of hydrogen-bond acceptors (Lipinski definition) is 6. The molecule has 2 aliphatic rings. The number of nitrogens with zero attached hydrogens (tertiary/aromatic N) is 4. The number of aromatic nitrogens is 3. The van der Waals surface area contributed by atoms with Crippen LogP contribution in [-0.2, 0) is 12.0 Å². The Balaban J connectivity index is 1.22. The van der Waals surface area contributed by atoms with E-state index in [2.05, 4.69) is 46.2 Å². The Hall–Kier alpha value is -2.73. The van der Waals surface area contributed by atoms with Crippen molar-refractivity contribution in [3.05, 3.63) is 71.6 Å². The summed E-state index contributed by atoms with van der Waals surface area (Å²) in [7, 11) is 0. The SMILES string of the molecule is Cc1ccc(C2(c3noc(CN4CCC(Oc5cccnc5)CC4)n3)CCCC2)cc1. The number of piperidine rings is 1. The van der Waals surface area contributed by atoms with Gasteiger partial charge in [0.15, 0.2) is 5.82 Å². The molecule has 1 aliphatic heterocycles. The molecule has 1 saturated carbocycles. The summed E-state index contributed by atoms with van der Waals surface area (Å²) < 4.78 is 11.8. The highest BCUT2D eigenvalue weighted by atomic mass is 16.5. The summed E-state index contributed by atoms with van der Waals surface area (Å²) in [5.41, 5.74) is 2.50. The lowest BCUT2D eigenvalue weighted by molar-refractivity contribution is 0.0901. The van der Waals surface area contributed by atoms with Gasteiger partial charge in [-0.25, -0.2) is 0 Å². The topological polar surface area (TPSA) is 64.3 Å². The summed E-state index contributed by atoms with van der Waals surface area (Å²) in [5.74, 6) is 2.43. The fraction of sp³-hybridized carbons (Fsp3) is 0.480. The number of ether oxygens (including phenoxy) is 1. The molecule has 1 aliphatic carbocycles. The molecule has 0 radical (unpaired) electrons. The van der Waals surface area contributed by atoms with Gasteiger partial charge in [-0.1, -0.05) is 47.8 Å². The molecule has 0 amide bonds. The van der Waals surface area contributed by atoms with Gasteiger partial charge in [0, 0.05) is 19.3 Å². The molecular formula is C25H30N4O2. The van der Waals surface area contributed by atoms with Crippen LogP contribution < -0.4 is 4.74 Å². The number of rotatable bonds is 6. The second-order valence-corrected chi connectivity index (χ2v) is 8.95. The first-order valence-electron chi connectivity index (χ1n) is 11.4. The molecule has 1 aromatic carbocycles. The second-order valence-electron chi connectivity index (χ2n) is 8.95. The zero-order chi connectivity index (χ0) is 21.1. The van der Waals surface area contributed by atoms with Crippen LogP contribution in [0.25, 0.3) is 0 Å². The van der Waals surface area contributed by atoms with Gasteiger partial charge in [-0.15, -0.1) is 0 Å². The maximum atomic E-state index is 6.06. The Morgan fingerprint density at radius 3 is 2.58 bits per heavy atom. The van der Waals surface area contributed by atoms with Crippen LogP contribution in [0.5, 0.6) is 5.75 Å². The molecule has 2 fully saturated rings. The predicted octanol–water partition coefficient (Wildman–Crippen LogP) is 4.68. The molecule has 0 N–H and O–H groups in total. The molecular weight excluding hydrogens is 388 g/mol. The maximum Gasteiger partial charge on any atom is 0.240 e. The third-order valence-corrected chi connectivity index (χ3v) is 6.79. The molecule has 6 nitrogen and oxygen atoms in total. The van der Waals surface area contributed by atoms with Crippen LogP contribution in [0.3, 0.4) is 0 Å². The number of hydrogen-bond donors (Lipinski definition) is 0. The monoisotopic (exact) mass is 418 g/mol. The van der Waals surface area contributed by atoms with Crippen LogP contribution in [0.2, 0.25) is 0 Å². The zero-order valence-electron chi connectivity index (χ0n) is 18.2. The summed E-state index contributed by atoms with van der Waals surface area (Å²) in [6, 6.07) is 12.7. The van der Waals surface area contributed by atoms with Crippen molar-refractivity contribution < 1.29 is 9.26 Å². The highest BCUT2D eigenvalue weighted by molar-refractivity contribution is 5.35. The Morgan fingerprint density at radius 1 is 1.10 bits per heavy atom. The largest absolute Gasteiger partial charge is 0.489 e. The number of aryl methyl sites for hydroxylation is 1. The van der Waals surface area contributed by atoms with Crippen LogP contribution in [0.4, 0.5) is 0 Å². The average molecular weight is 419 g/mol.